The lowest BCUT2D eigenvalue weighted by Crippen LogP contribution is -2.55. The Hall–Kier alpha value is -2.73. The number of likely N-dealkylation sites (N-methyl/N-ethyl adjacent to an activating group) is 1. The Labute approximate surface area is 173 Å². The van der Waals surface area contributed by atoms with Crippen molar-refractivity contribution in [1.29, 1.82) is 0 Å². The van der Waals surface area contributed by atoms with Crippen molar-refractivity contribution in [1.82, 2.24) is 4.90 Å². The zero-order valence-corrected chi connectivity index (χ0v) is 16.7. The lowest BCUT2D eigenvalue weighted by molar-refractivity contribution is -0.150. The molecule has 1 saturated carbocycles. The number of amides is 1. The normalized spacial score (nSPS) is 18.9. The fourth-order valence-corrected chi connectivity index (χ4v) is 4.06. The zero-order chi connectivity index (χ0) is 21.0. The molecule has 1 atom stereocenters. The van der Waals surface area contributed by atoms with Crippen LogP contribution in [-0.4, -0.2) is 36.2 Å². The van der Waals surface area contributed by atoms with Crippen molar-refractivity contribution in [2.24, 2.45) is 0 Å². The van der Waals surface area contributed by atoms with Crippen LogP contribution in [0.3, 0.4) is 0 Å². The van der Waals surface area contributed by atoms with Crippen molar-refractivity contribution in [2.45, 2.75) is 31.2 Å². The molecule has 5 nitrogen and oxygen atoms in total. The molecule has 0 radical (unpaired) electrons. The molecule has 0 bridgehead atoms. The van der Waals surface area contributed by atoms with Crippen LogP contribution in [-0.2, 0) is 19.9 Å². The average molecular weight is 418 g/mol. The topological polar surface area (TPSA) is 63.7 Å². The molecule has 2 aromatic rings. The molecule has 0 spiro atoms. The van der Waals surface area contributed by atoms with Gasteiger partial charge in [-0.1, -0.05) is 35.9 Å². The number of carbonyl (C=O) groups excluding carboxylic acids is 3. The monoisotopic (exact) mass is 417 g/mol. The third kappa shape index (κ3) is 4.17. The molecule has 1 aliphatic carbocycles. The van der Waals surface area contributed by atoms with E-state index in [-0.39, 0.29) is 11.3 Å². The summed E-state index contributed by atoms with van der Waals surface area (Å²) < 4.78 is 18.3. The Balaban J connectivity index is 1.82. The number of rotatable bonds is 5. The Morgan fingerprint density at radius 3 is 2.62 bits per heavy atom. The van der Waals surface area contributed by atoms with E-state index in [1.807, 2.05) is 0 Å². The minimum atomic E-state index is -1.20. The van der Waals surface area contributed by atoms with Crippen LogP contribution in [0, 0.1) is 5.82 Å². The Morgan fingerprint density at radius 2 is 1.93 bits per heavy atom. The van der Waals surface area contributed by atoms with Gasteiger partial charge < -0.3 is 9.64 Å². The van der Waals surface area contributed by atoms with Gasteiger partial charge in [0, 0.05) is 24.1 Å². The number of ketones is 1. The van der Waals surface area contributed by atoms with Gasteiger partial charge in [-0.25, -0.2) is 9.18 Å². The van der Waals surface area contributed by atoms with Crippen molar-refractivity contribution in [3.8, 4) is 0 Å². The third-order valence-electron chi connectivity index (χ3n) is 5.31. The number of carbonyl (C=O) groups is 3. The molecule has 29 heavy (non-hydrogen) atoms. The second kappa shape index (κ2) is 8.74. The molecule has 3 rings (SSSR count). The molecular formula is C22H21ClFNO4. The maximum absolute atomic E-state index is 13.3. The van der Waals surface area contributed by atoms with Gasteiger partial charge in [-0.05, 0) is 43.5 Å². The first-order chi connectivity index (χ1) is 13.9. The van der Waals surface area contributed by atoms with Gasteiger partial charge in [-0.15, -0.1) is 0 Å². The number of benzene rings is 2. The van der Waals surface area contributed by atoms with E-state index in [0.717, 1.165) is 18.9 Å². The first-order valence-electron chi connectivity index (χ1n) is 9.34. The number of ether oxygens (including phenoxy) is 1. The van der Waals surface area contributed by atoms with Crippen molar-refractivity contribution in [2.75, 3.05) is 13.7 Å². The minimum Gasteiger partial charge on any atom is -0.452 e. The van der Waals surface area contributed by atoms with E-state index in [1.54, 1.807) is 24.3 Å². The van der Waals surface area contributed by atoms with Gasteiger partial charge in [0.25, 0.3) is 5.91 Å². The summed E-state index contributed by atoms with van der Waals surface area (Å²) in [6.45, 7) is -0.564. The average Bonchev–Trinajstić information content (AvgIpc) is 2.72. The summed E-state index contributed by atoms with van der Waals surface area (Å²) in [6, 6.07) is 12.0. The lowest BCUT2D eigenvalue weighted by atomic mass is 9.74. The highest BCUT2D eigenvalue weighted by Gasteiger charge is 2.48. The predicted molar refractivity (Wildman–Crippen MR) is 106 cm³/mol. The van der Waals surface area contributed by atoms with Crippen LogP contribution in [0.5, 0.6) is 0 Å². The standard InChI is InChI=1S/C22H21ClFNO4/c1-25(20(27)14-29-21(28)15-7-6-8-16(24)13-15)22(12-5-4-11-19(22)26)17-9-2-3-10-18(17)23/h2-3,6-10,13H,4-5,11-12,14H2,1H3. The van der Waals surface area contributed by atoms with E-state index < -0.39 is 29.8 Å². The summed E-state index contributed by atoms with van der Waals surface area (Å²) in [5.41, 5.74) is -0.618. The molecule has 7 heteroatoms. The summed E-state index contributed by atoms with van der Waals surface area (Å²) in [7, 11) is 1.52. The van der Waals surface area contributed by atoms with E-state index in [9.17, 15) is 18.8 Å². The quantitative estimate of drug-likeness (QED) is 0.686. The number of hydrogen-bond acceptors (Lipinski definition) is 4. The number of nitrogens with zero attached hydrogens (tertiary/aromatic N) is 1. The van der Waals surface area contributed by atoms with Gasteiger partial charge in [-0.3, -0.25) is 9.59 Å². The van der Waals surface area contributed by atoms with Crippen LogP contribution >= 0.6 is 11.6 Å². The molecule has 1 fully saturated rings. The van der Waals surface area contributed by atoms with Gasteiger partial charge in [-0.2, -0.15) is 0 Å². The molecule has 1 unspecified atom stereocenters. The van der Waals surface area contributed by atoms with Gasteiger partial charge >= 0.3 is 5.97 Å². The van der Waals surface area contributed by atoms with Crippen LogP contribution in [0.15, 0.2) is 48.5 Å². The van der Waals surface area contributed by atoms with Gasteiger partial charge in [0.15, 0.2) is 12.4 Å². The Kier molecular flexibility index (Phi) is 6.33. The largest absolute Gasteiger partial charge is 0.452 e. The van der Waals surface area contributed by atoms with Crippen molar-refractivity contribution in [3.05, 3.63) is 70.5 Å². The fourth-order valence-electron chi connectivity index (χ4n) is 3.77. The maximum atomic E-state index is 13.3. The SMILES string of the molecule is CN(C(=O)COC(=O)c1cccc(F)c1)C1(c2ccccc2Cl)CCCCC1=O. The van der Waals surface area contributed by atoms with E-state index in [1.165, 1.54) is 30.1 Å². The summed E-state index contributed by atoms with van der Waals surface area (Å²) in [4.78, 5) is 39.3. The molecule has 0 aliphatic heterocycles. The van der Waals surface area contributed by atoms with Crippen molar-refractivity contribution in [3.63, 3.8) is 0 Å². The highest BCUT2D eigenvalue weighted by Crippen LogP contribution is 2.42. The van der Waals surface area contributed by atoms with Gasteiger partial charge in [0.1, 0.15) is 11.4 Å². The number of hydrogen-bond donors (Lipinski definition) is 0. The lowest BCUT2D eigenvalue weighted by Gasteiger charge is -2.43. The molecule has 1 amide bonds. The summed E-state index contributed by atoms with van der Waals surface area (Å²) in [5.74, 6) is -2.02. The maximum Gasteiger partial charge on any atom is 0.338 e. The molecule has 2 aromatic carbocycles. The van der Waals surface area contributed by atoms with Crippen LogP contribution in [0.1, 0.15) is 41.6 Å². The summed E-state index contributed by atoms with van der Waals surface area (Å²) in [6.07, 6.45) is 2.29. The fraction of sp³-hybridized carbons (Fsp3) is 0.318. The number of halogens is 2. The van der Waals surface area contributed by atoms with E-state index in [4.69, 9.17) is 16.3 Å². The number of Topliss-reactive ketones (excluding diaryl/α,β-unsaturated/α-hetero) is 1. The molecule has 0 heterocycles. The smallest absolute Gasteiger partial charge is 0.338 e. The van der Waals surface area contributed by atoms with Crippen LogP contribution < -0.4 is 0 Å². The van der Waals surface area contributed by atoms with Crippen molar-refractivity contribution < 1.29 is 23.5 Å². The molecule has 0 saturated heterocycles. The second-order valence-corrected chi connectivity index (χ2v) is 7.42. The first-order valence-corrected chi connectivity index (χ1v) is 9.71. The van der Waals surface area contributed by atoms with Crippen molar-refractivity contribution >= 4 is 29.3 Å². The third-order valence-corrected chi connectivity index (χ3v) is 5.64. The zero-order valence-electron chi connectivity index (χ0n) is 16.0. The highest BCUT2D eigenvalue weighted by atomic mass is 35.5. The predicted octanol–water partition coefficient (Wildman–Crippen LogP) is 4.13. The Bertz CT molecular complexity index is 948. The van der Waals surface area contributed by atoms with E-state index in [2.05, 4.69) is 0 Å². The van der Waals surface area contributed by atoms with Gasteiger partial charge in [0.2, 0.25) is 0 Å². The summed E-state index contributed by atoms with van der Waals surface area (Å²) >= 11 is 6.37. The second-order valence-electron chi connectivity index (χ2n) is 7.01. The molecule has 0 N–H and O–H groups in total. The first kappa shape index (κ1) is 21.0. The Morgan fingerprint density at radius 1 is 1.17 bits per heavy atom. The molecular weight excluding hydrogens is 397 g/mol. The molecule has 0 aromatic heterocycles. The van der Waals surface area contributed by atoms with E-state index >= 15 is 0 Å². The highest BCUT2D eigenvalue weighted by molar-refractivity contribution is 6.31. The van der Waals surface area contributed by atoms with E-state index in [0.29, 0.717) is 23.4 Å². The minimum absolute atomic E-state index is 0.00927. The summed E-state index contributed by atoms with van der Waals surface area (Å²) in [5, 5.41) is 0.402. The molecule has 1 aliphatic rings. The van der Waals surface area contributed by atoms with Crippen LogP contribution in [0.4, 0.5) is 4.39 Å². The van der Waals surface area contributed by atoms with Crippen LogP contribution in [0.25, 0.3) is 0 Å². The molecule has 152 valence electrons. The number of esters is 1. The van der Waals surface area contributed by atoms with Crippen LogP contribution in [0.2, 0.25) is 5.02 Å². The van der Waals surface area contributed by atoms with Gasteiger partial charge in [0.05, 0.1) is 5.56 Å².